The van der Waals surface area contributed by atoms with Crippen LogP contribution in [0.3, 0.4) is 0 Å². The summed E-state index contributed by atoms with van der Waals surface area (Å²) in [6.45, 7) is 14.2. The molecule has 2 aliphatic rings. The summed E-state index contributed by atoms with van der Waals surface area (Å²) in [5.74, 6) is 0. The Morgan fingerprint density at radius 1 is 0.483 bits per heavy atom. The third-order valence-corrected chi connectivity index (χ3v) is 7.25. The molecule has 0 fully saturated rings. The van der Waals surface area contributed by atoms with E-state index in [2.05, 4.69) is 65.8 Å². The number of rotatable bonds is 0. The van der Waals surface area contributed by atoms with Crippen molar-refractivity contribution in [1.29, 1.82) is 0 Å². The van der Waals surface area contributed by atoms with Crippen molar-refractivity contribution in [2.24, 2.45) is 0 Å². The first-order valence-electron chi connectivity index (χ1n) is 11.9. The highest BCUT2D eigenvalue weighted by Gasteiger charge is 2.25. The van der Waals surface area contributed by atoms with Crippen LogP contribution >= 0.6 is 0 Å². The molecule has 29 heavy (non-hydrogen) atoms. The van der Waals surface area contributed by atoms with E-state index in [-0.39, 0.29) is 10.8 Å². The van der Waals surface area contributed by atoms with Crippen LogP contribution in [0.4, 0.5) is 0 Å². The number of aryl methyl sites for hydroxylation is 2. The smallest absolute Gasteiger partial charge is 0.00199 e. The van der Waals surface area contributed by atoms with E-state index in [1.165, 1.54) is 62.5 Å². The summed E-state index contributed by atoms with van der Waals surface area (Å²) in [5, 5.41) is 0. The van der Waals surface area contributed by atoms with E-state index in [1.54, 1.807) is 33.4 Å². The lowest BCUT2D eigenvalue weighted by Crippen LogP contribution is -2.14. The van der Waals surface area contributed by atoms with Gasteiger partial charge in [-0.1, -0.05) is 78.6 Å². The van der Waals surface area contributed by atoms with E-state index in [0.29, 0.717) is 0 Å². The topological polar surface area (TPSA) is 0 Å². The number of fused-ring (bicyclic) bond motifs is 1. The molecule has 0 N–H and O–H groups in total. The van der Waals surface area contributed by atoms with Gasteiger partial charge in [0.05, 0.1) is 0 Å². The Bertz CT molecular complexity index is 824. The van der Waals surface area contributed by atoms with E-state index >= 15 is 0 Å². The van der Waals surface area contributed by atoms with Gasteiger partial charge in [-0.3, -0.25) is 0 Å². The standard InChI is InChI=1S/C29H40/c1-28(2,3)24-16-20-11-9-7-8-10-12-21-17-25(29(4,5)6)19-23-15-22(18-24)26(20)13-14-27(21)23/h16-19H,7-15H2,1-6H3. The van der Waals surface area contributed by atoms with Gasteiger partial charge in [0.2, 0.25) is 0 Å². The van der Waals surface area contributed by atoms with Gasteiger partial charge in [-0.15, -0.1) is 0 Å². The third kappa shape index (κ3) is 4.32. The molecule has 2 aromatic rings. The minimum Gasteiger partial charge on any atom is -0.0561 e. The van der Waals surface area contributed by atoms with Crippen molar-refractivity contribution in [1.82, 2.24) is 0 Å². The quantitative estimate of drug-likeness (QED) is 0.435. The van der Waals surface area contributed by atoms with Gasteiger partial charge < -0.3 is 0 Å². The van der Waals surface area contributed by atoms with Crippen LogP contribution < -0.4 is 0 Å². The molecule has 0 heteroatoms. The predicted octanol–water partition coefficient (Wildman–Crippen LogP) is 7.63. The summed E-state index contributed by atoms with van der Waals surface area (Å²) < 4.78 is 0. The maximum absolute atomic E-state index is 2.56. The monoisotopic (exact) mass is 388 g/mol. The fourth-order valence-corrected chi connectivity index (χ4v) is 5.30. The first-order chi connectivity index (χ1) is 13.6. The van der Waals surface area contributed by atoms with Crippen molar-refractivity contribution in [3.8, 4) is 0 Å². The second-order valence-electron chi connectivity index (χ2n) is 11.6. The van der Waals surface area contributed by atoms with Gasteiger partial charge in [0, 0.05) is 0 Å². The van der Waals surface area contributed by atoms with E-state index in [1.807, 2.05) is 0 Å². The second kappa shape index (κ2) is 7.60. The summed E-state index contributed by atoms with van der Waals surface area (Å²) in [6, 6.07) is 10.2. The lowest BCUT2D eigenvalue weighted by Gasteiger charge is -2.24. The number of hydrogen-bond donors (Lipinski definition) is 0. The van der Waals surface area contributed by atoms with E-state index in [4.69, 9.17) is 0 Å². The van der Waals surface area contributed by atoms with Gasteiger partial charge in [-0.25, -0.2) is 0 Å². The zero-order valence-electron chi connectivity index (χ0n) is 19.7. The Morgan fingerprint density at radius 3 is 1.24 bits per heavy atom. The molecule has 4 rings (SSSR count). The maximum atomic E-state index is 2.56. The highest BCUT2D eigenvalue weighted by Crippen LogP contribution is 2.37. The minimum atomic E-state index is 0.214. The Balaban J connectivity index is 1.91. The SMILES string of the molecule is CC(C)(C)c1cc2c3c(c1)Cc1cc(C(C)(C)C)cc(c1CC3)CCCCCC2. The van der Waals surface area contributed by atoms with E-state index in [0.717, 1.165) is 6.42 Å². The second-order valence-corrected chi connectivity index (χ2v) is 11.6. The lowest BCUT2D eigenvalue weighted by atomic mass is 9.81. The highest BCUT2D eigenvalue weighted by molar-refractivity contribution is 5.51. The van der Waals surface area contributed by atoms with E-state index < -0.39 is 0 Å². The molecular formula is C29H40. The van der Waals surface area contributed by atoms with Crippen LogP contribution in [0.15, 0.2) is 24.3 Å². The molecule has 2 bridgehead atoms. The zero-order valence-corrected chi connectivity index (χ0v) is 19.7. The Labute approximate surface area is 179 Å². The zero-order chi connectivity index (χ0) is 20.8. The summed E-state index contributed by atoms with van der Waals surface area (Å²) in [7, 11) is 0. The highest BCUT2D eigenvalue weighted by atomic mass is 14.3. The van der Waals surface area contributed by atoms with Crippen LogP contribution in [0.2, 0.25) is 0 Å². The van der Waals surface area contributed by atoms with Crippen LogP contribution in [0.25, 0.3) is 0 Å². The third-order valence-electron chi connectivity index (χ3n) is 7.25. The maximum Gasteiger partial charge on any atom is -0.00199 e. The molecule has 0 amide bonds. The van der Waals surface area contributed by atoms with E-state index in [9.17, 15) is 0 Å². The van der Waals surface area contributed by atoms with Crippen LogP contribution in [-0.2, 0) is 42.9 Å². The molecule has 2 aromatic carbocycles. The molecule has 0 nitrogen and oxygen atoms in total. The van der Waals surface area contributed by atoms with Crippen molar-refractivity contribution in [2.45, 2.75) is 110 Å². The van der Waals surface area contributed by atoms with Crippen LogP contribution in [0.1, 0.15) is 112 Å². The molecule has 0 aromatic heterocycles. The van der Waals surface area contributed by atoms with Crippen molar-refractivity contribution >= 4 is 0 Å². The fraction of sp³-hybridized carbons (Fsp3) is 0.586. The first-order valence-corrected chi connectivity index (χ1v) is 11.9. The van der Waals surface area contributed by atoms with Crippen LogP contribution in [0, 0.1) is 0 Å². The number of hydrogen-bond acceptors (Lipinski definition) is 0. The van der Waals surface area contributed by atoms with Crippen molar-refractivity contribution in [2.75, 3.05) is 0 Å². The summed E-state index contributed by atoms with van der Waals surface area (Å²) in [6.07, 6.45) is 11.5. The average molecular weight is 389 g/mol. The molecular weight excluding hydrogens is 348 g/mol. The molecule has 0 radical (unpaired) electrons. The van der Waals surface area contributed by atoms with Crippen LogP contribution in [0.5, 0.6) is 0 Å². The molecule has 0 saturated carbocycles. The normalized spacial score (nSPS) is 17.4. The van der Waals surface area contributed by atoms with Gasteiger partial charge in [0.1, 0.15) is 0 Å². The van der Waals surface area contributed by atoms with Crippen molar-refractivity contribution in [3.63, 3.8) is 0 Å². The first kappa shape index (κ1) is 20.7. The van der Waals surface area contributed by atoms with Gasteiger partial charge in [0.25, 0.3) is 0 Å². The molecule has 0 unspecified atom stereocenters. The van der Waals surface area contributed by atoms with Crippen molar-refractivity contribution in [3.05, 3.63) is 68.8 Å². The summed E-state index contributed by atoms with van der Waals surface area (Å²) in [5.41, 5.74) is 13.4. The molecule has 156 valence electrons. The van der Waals surface area contributed by atoms with Gasteiger partial charge in [0.15, 0.2) is 0 Å². The average Bonchev–Trinajstić information content (AvgIpc) is 2.80. The molecule has 0 heterocycles. The lowest BCUT2D eigenvalue weighted by molar-refractivity contribution is 0.584. The number of benzene rings is 2. The largest absolute Gasteiger partial charge is 0.0561 e. The summed E-state index contributed by atoms with van der Waals surface area (Å²) >= 11 is 0. The Morgan fingerprint density at radius 2 is 0.862 bits per heavy atom. The van der Waals surface area contributed by atoms with Crippen molar-refractivity contribution < 1.29 is 0 Å². The predicted molar refractivity (Wildman–Crippen MR) is 126 cm³/mol. The van der Waals surface area contributed by atoms with Crippen LogP contribution in [-0.4, -0.2) is 0 Å². The molecule has 0 saturated heterocycles. The van der Waals surface area contributed by atoms with Gasteiger partial charge in [-0.2, -0.15) is 0 Å². The molecule has 0 spiro atoms. The molecule has 0 atom stereocenters. The minimum absolute atomic E-state index is 0.214. The summed E-state index contributed by atoms with van der Waals surface area (Å²) in [4.78, 5) is 0. The Kier molecular flexibility index (Phi) is 5.43. The fourth-order valence-electron chi connectivity index (χ4n) is 5.30. The van der Waals surface area contributed by atoms with Gasteiger partial charge >= 0.3 is 0 Å². The Hall–Kier alpha value is -1.56. The molecule has 0 aliphatic heterocycles. The van der Waals surface area contributed by atoms with Gasteiger partial charge in [-0.05, 0) is 100 Å². The molecule has 2 aliphatic carbocycles.